The van der Waals surface area contributed by atoms with Gasteiger partial charge in [0.15, 0.2) is 0 Å². The number of H-pyrrole nitrogens is 2. The van der Waals surface area contributed by atoms with E-state index in [2.05, 4.69) is 70.0 Å². The van der Waals surface area contributed by atoms with Crippen molar-refractivity contribution in [2.24, 2.45) is 23.7 Å². The van der Waals surface area contributed by atoms with Crippen molar-refractivity contribution in [1.82, 2.24) is 40.4 Å². The number of hydrogen-bond acceptors (Lipinski definition) is 10. The second-order valence-corrected chi connectivity index (χ2v) is 17.6. The predicted octanol–water partition coefficient (Wildman–Crippen LogP) is 6.71. The number of imidazole rings is 2. The van der Waals surface area contributed by atoms with Gasteiger partial charge in [0.2, 0.25) is 11.8 Å². The zero-order valence-electron chi connectivity index (χ0n) is 36.3. The molecule has 3 amide bonds. The molecule has 6 atom stereocenters. The molecular weight excluding hydrogens is 777 g/mol. The molecule has 2 aromatic heterocycles. The summed E-state index contributed by atoms with van der Waals surface area (Å²) >= 11 is 0. The van der Waals surface area contributed by atoms with Gasteiger partial charge in [0, 0.05) is 44.2 Å². The largest absolute Gasteiger partial charge is 0.488 e. The summed E-state index contributed by atoms with van der Waals surface area (Å²) in [6.07, 6.45) is 2.70. The second kappa shape index (κ2) is 17.5. The zero-order valence-corrected chi connectivity index (χ0v) is 36.3. The molecule has 5 heterocycles. The summed E-state index contributed by atoms with van der Waals surface area (Å²) in [7, 11) is 4.62. The van der Waals surface area contributed by atoms with Crippen LogP contribution < -0.4 is 15.4 Å². The van der Waals surface area contributed by atoms with Gasteiger partial charge in [-0.05, 0) is 76.9 Å². The van der Waals surface area contributed by atoms with E-state index in [9.17, 15) is 14.4 Å². The van der Waals surface area contributed by atoms with Crippen LogP contribution in [0.4, 0.5) is 4.79 Å². The van der Waals surface area contributed by atoms with Gasteiger partial charge >= 0.3 is 6.09 Å². The molecule has 3 aromatic carbocycles. The van der Waals surface area contributed by atoms with Crippen molar-refractivity contribution in [2.75, 3.05) is 47.8 Å². The van der Waals surface area contributed by atoms with Crippen molar-refractivity contribution in [3.05, 3.63) is 65.9 Å². The molecule has 0 saturated carbocycles. The highest BCUT2D eigenvalue weighted by atomic mass is 16.5. The molecule has 3 aliphatic heterocycles. The van der Waals surface area contributed by atoms with Crippen LogP contribution >= 0.6 is 0 Å². The maximum Gasteiger partial charge on any atom is 0.407 e. The highest BCUT2D eigenvalue weighted by Crippen LogP contribution is 2.44. The predicted molar refractivity (Wildman–Crippen MR) is 231 cm³/mol. The monoisotopic (exact) mass is 834 g/mol. The van der Waals surface area contributed by atoms with Crippen molar-refractivity contribution in [2.45, 2.75) is 78.2 Å². The molecule has 2 fully saturated rings. The van der Waals surface area contributed by atoms with E-state index in [1.54, 1.807) is 14.2 Å². The molecule has 0 bridgehead atoms. The molecule has 0 aliphatic carbocycles. The highest BCUT2D eigenvalue weighted by molar-refractivity contribution is 6.07. The summed E-state index contributed by atoms with van der Waals surface area (Å²) in [6, 6.07) is 13.2. The van der Waals surface area contributed by atoms with Crippen LogP contribution in [0.25, 0.3) is 44.2 Å². The standard InChI is InChI=1S/C46H58N8O7/c1-24(2)39(48-23-59-7)44(55)54-20-27(21-58-6)14-37(54)43-49-34-12-10-28-16-33-31-11-9-29(15-30(31)22-61-38(33)17-32(28)41(34)51-43)35-18-47-42(50-35)36-13-26(5)19-53(36)45(56)40(25(3)4)52-46(57)60-8/h9-12,15-18,24-27,36-37,39-40,48H,13-14,19-23H2,1-8H3,(H,47,50)(H,49,51)(H,52,57). The first-order valence-electron chi connectivity index (χ1n) is 21.3. The molecule has 324 valence electrons. The molecule has 15 heteroatoms. The van der Waals surface area contributed by atoms with Crippen LogP contribution in [-0.2, 0) is 30.4 Å². The summed E-state index contributed by atoms with van der Waals surface area (Å²) in [5, 5.41) is 8.01. The lowest BCUT2D eigenvalue weighted by atomic mass is 9.92. The van der Waals surface area contributed by atoms with E-state index >= 15 is 0 Å². The van der Waals surface area contributed by atoms with Crippen LogP contribution in [0.5, 0.6) is 5.75 Å². The first-order valence-corrected chi connectivity index (χ1v) is 21.3. The Morgan fingerprint density at radius 3 is 2.36 bits per heavy atom. The Bertz CT molecular complexity index is 2430. The topological polar surface area (TPSA) is 176 Å². The van der Waals surface area contributed by atoms with Gasteiger partial charge in [-0.25, -0.2) is 14.8 Å². The summed E-state index contributed by atoms with van der Waals surface area (Å²) in [4.78, 5) is 60.8. The highest BCUT2D eigenvalue weighted by Gasteiger charge is 2.42. The summed E-state index contributed by atoms with van der Waals surface area (Å²) in [6.45, 7) is 12.4. The number of benzene rings is 3. The molecule has 0 radical (unpaired) electrons. The third-order valence-corrected chi connectivity index (χ3v) is 12.5. The average molecular weight is 835 g/mol. The Labute approximate surface area is 356 Å². The first-order chi connectivity index (χ1) is 29.4. The van der Waals surface area contributed by atoms with Gasteiger partial charge in [-0.15, -0.1) is 0 Å². The minimum absolute atomic E-state index is 0.0337. The number of carbonyl (C=O) groups excluding carboxylic acids is 3. The summed E-state index contributed by atoms with van der Waals surface area (Å²) in [5.41, 5.74) is 6.72. The number of aromatic nitrogens is 4. The molecule has 0 spiro atoms. The molecule has 4 N–H and O–H groups in total. The normalized spacial score (nSPS) is 20.9. The number of fused-ring (bicyclic) bond motifs is 6. The number of ether oxygens (including phenoxy) is 4. The number of nitrogens with one attached hydrogen (secondary N) is 4. The van der Waals surface area contributed by atoms with Crippen molar-refractivity contribution >= 4 is 39.7 Å². The van der Waals surface area contributed by atoms with Gasteiger partial charge in [-0.2, -0.15) is 0 Å². The van der Waals surface area contributed by atoms with Gasteiger partial charge < -0.3 is 44.0 Å². The van der Waals surface area contributed by atoms with Gasteiger partial charge in [0.05, 0.1) is 61.5 Å². The third kappa shape index (κ3) is 8.18. The lowest BCUT2D eigenvalue weighted by Crippen LogP contribution is -2.51. The average Bonchev–Trinajstić information content (AvgIpc) is 4.07. The summed E-state index contributed by atoms with van der Waals surface area (Å²) in [5.74, 6) is 2.57. The molecule has 8 rings (SSSR count). The Morgan fingerprint density at radius 2 is 1.62 bits per heavy atom. The van der Waals surface area contributed by atoms with Gasteiger partial charge in [0.25, 0.3) is 0 Å². The molecule has 2 saturated heterocycles. The Morgan fingerprint density at radius 1 is 0.869 bits per heavy atom. The maximum absolute atomic E-state index is 14.1. The van der Waals surface area contributed by atoms with Crippen LogP contribution in [0, 0.1) is 23.7 Å². The van der Waals surface area contributed by atoms with E-state index < -0.39 is 12.1 Å². The molecule has 61 heavy (non-hydrogen) atoms. The number of methoxy groups -OCH3 is 3. The second-order valence-electron chi connectivity index (χ2n) is 17.6. The van der Waals surface area contributed by atoms with Crippen molar-refractivity contribution < 1.29 is 33.3 Å². The van der Waals surface area contributed by atoms with Crippen LogP contribution in [0.15, 0.2) is 48.7 Å². The Kier molecular flexibility index (Phi) is 12.1. The van der Waals surface area contributed by atoms with Gasteiger partial charge in [0.1, 0.15) is 30.0 Å². The number of rotatable bonds is 13. The van der Waals surface area contributed by atoms with Gasteiger partial charge in [-0.1, -0.05) is 52.8 Å². The van der Waals surface area contributed by atoms with E-state index in [1.807, 2.05) is 43.7 Å². The maximum atomic E-state index is 14.1. The van der Waals surface area contributed by atoms with Crippen LogP contribution in [0.1, 0.15) is 76.8 Å². The van der Waals surface area contributed by atoms with E-state index in [4.69, 9.17) is 28.9 Å². The third-order valence-electron chi connectivity index (χ3n) is 12.5. The number of hydrogen-bond donors (Lipinski definition) is 4. The number of alkyl carbamates (subject to hydrolysis) is 1. The number of likely N-dealkylation sites (tertiary alicyclic amines) is 2. The lowest BCUT2D eigenvalue weighted by Gasteiger charge is -2.30. The number of carbonyl (C=O) groups is 3. The zero-order chi connectivity index (χ0) is 43.1. The fraction of sp³-hybridized carbons (Fsp3) is 0.500. The van der Waals surface area contributed by atoms with E-state index in [-0.39, 0.29) is 60.3 Å². The summed E-state index contributed by atoms with van der Waals surface area (Å²) < 4.78 is 22.1. The number of nitrogens with zero attached hydrogens (tertiary/aromatic N) is 4. The smallest absolute Gasteiger partial charge is 0.407 e. The van der Waals surface area contributed by atoms with Crippen LogP contribution in [0.2, 0.25) is 0 Å². The van der Waals surface area contributed by atoms with Crippen LogP contribution in [-0.4, -0.2) is 107 Å². The lowest BCUT2D eigenvalue weighted by molar-refractivity contribution is -0.136. The van der Waals surface area contributed by atoms with Crippen molar-refractivity contribution in [1.29, 1.82) is 0 Å². The Hall–Kier alpha value is -5.51. The van der Waals surface area contributed by atoms with Crippen molar-refractivity contribution in [3.63, 3.8) is 0 Å². The molecular formula is C46H58N8O7. The van der Waals surface area contributed by atoms with Crippen molar-refractivity contribution in [3.8, 4) is 28.1 Å². The van der Waals surface area contributed by atoms with Gasteiger partial charge in [-0.3, -0.25) is 14.9 Å². The fourth-order valence-corrected chi connectivity index (χ4v) is 9.45. The van der Waals surface area contributed by atoms with Crippen LogP contribution in [0.3, 0.4) is 0 Å². The molecule has 6 unspecified atom stereocenters. The fourth-order valence-electron chi connectivity index (χ4n) is 9.45. The molecule has 3 aliphatic rings. The SMILES string of the molecule is COCNC(C(=O)N1CC(COC)CC1c1nc2c(ccc3cc4c(cc32)OCc2cc(-c3cnc(C5CC(C)CN5C(=O)C(NC(=O)OC)C(C)C)[nH]3)ccc2-4)[nH]1)C(C)C. The van der Waals surface area contributed by atoms with E-state index in [0.29, 0.717) is 32.1 Å². The minimum atomic E-state index is -0.709. The van der Waals surface area contributed by atoms with E-state index in [1.165, 1.54) is 7.11 Å². The van der Waals surface area contributed by atoms with E-state index in [0.717, 1.165) is 74.2 Å². The number of aromatic amines is 2. The first kappa shape index (κ1) is 42.2. The molecule has 5 aromatic rings. The minimum Gasteiger partial charge on any atom is -0.488 e. The molecule has 15 nitrogen and oxygen atoms in total. The quantitative estimate of drug-likeness (QED) is 0.0934. The number of amides is 3. The Balaban J connectivity index is 1.05.